The molecule has 0 bridgehead atoms. The molecule has 0 aliphatic heterocycles. The molecule has 0 heterocycles. The Bertz CT molecular complexity index is 413. The molecule has 1 rings (SSSR count). The van der Waals surface area contributed by atoms with Crippen molar-refractivity contribution in [2.24, 2.45) is 0 Å². The molecule has 0 saturated heterocycles. The zero-order chi connectivity index (χ0) is 13.8. The van der Waals surface area contributed by atoms with Gasteiger partial charge in [-0.2, -0.15) is 0 Å². The van der Waals surface area contributed by atoms with Crippen LogP contribution in [-0.4, -0.2) is 23.2 Å². The number of aliphatic hydroxyl groups is 1. The molecule has 1 aromatic carbocycles. The first-order valence-corrected chi connectivity index (χ1v) is 6.57. The Labute approximate surface area is 117 Å². The van der Waals surface area contributed by atoms with Gasteiger partial charge in [-0.25, -0.2) is 0 Å². The van der Waals surface area contributed by atoms with Crippen LogP contribution in [0.5, 0.6) is 0 Å². The second-order valence-corrected chi connectivity index (χ2v) is 5.34. The van der Waals surface area contributed by atoms with Gasteiger partial charge in [-0.1, -0.05) is 42.6 Å². The molecule has 5 heteroatoms. The lowest BCUT2D eigenvalue weighted by atomic mass is 10.0. The van der Waals surface area contributed by atoms with Gasteiger partial charge in [-0.3, -0.25) is 4.79 Å². The molecule has 0 radical (unpaired) electrons. The molecule has 1 unspecified atom stereocenters. The van der Waals surface area contributed by atoms with Gasteiger partial charge >= 0.3 is 0 Å². The molecule has 0 saturated carbocycles. The summed E-state index contributed by atoms with van der Waals surface area (Å²) in [6.07, 6.45) is 1.46. The van der Waals surface area contributed by atoms with Crippen LogP contribution in [-0.2, 0) is 0 Å². The van der Waals surface area contributed by atoms with Crippen LogP contribution >= 0.6 is 23.2 Å². The van der Waals surface area contributed by atoms with Crippen LogP contribution < -0.4 is 5.32 Å². The summed E-state index contributed by atoms with van der Waals surface area (Å²) < 4.78 is 0. The maximum atomic E-state index is 11.9. The van der Waals surface area contributed by atoms with E-state index in [0.717, 1.165) is 6.42 Å². The molecule has 1 atom stereocenters. The highest BCUT2D eigenvalue weighted by molar-refractivity contribution is 6.39. The van der Waals surface area contributed by atoms with Crippen LogP contribution in [0.3, 0.4) is 0 Å². The molecule has 1 aromatic rings. The van der Waals surface area contributed by atoms with E-state index in [1.165, 1.54) is 0 Å². The molecule has 0 aliphatic carbocycles. The minimum atomic E-state index is -0.919. The van der Waals surface area contributed by atoms with Gasteiger partial charge in [0.05, 0.1) is 21.2 Å². The molecule has 3 nitrogen and oxygen atoms in total. The van der Waals surface area contributed by atoms with Crippen molar-refractivity contribution in [3.05, 3.63) is 33.8 Å². The highest BCUT2D eigenvalue weighted by Gasteiger charge is 2.21. The van der Waals surface area contributed by atoms with Crippen LogP contribution in [0.25, 0.3) is 0 Å². The molecular formula is C13H17Cl2NO2. The van der Waals surface area contributed by atoms with Crippen molar-refractivity contribution >= 4 is 29.1 Å². The van der Waals surface area contributed by atoms with Gasteiger partial charge in [0.2, 0.25) is 0 Å². The van der Waals surface area contributed by atoms with Crippen LogP contribution in [0, 0.1) is 0 Å². The van der Waals surface area contributed by atoms with E-state index in [2.05, 4.69) is 5.32 Å². The summed E-state index contributed by atoms with van der Waals surface area (Å²) >= 11 is 11.9. The van der Waals surface area contributed by atoms with E-state index in [4.69, 9.17) is 23.2 Å². The van der Waals surface area contributed by atoms with Crippen molar-refractivity contribution in [1.82, 2.24) is 5.32 Å². The fourth-order valence-corrected chi connectivity index (χ4v) is 2.27. The van der Waals surface area contributed by atoms with E-state index in [9.17, 15) is 9.90 Å². The number of hydrogen-bond acceptors (Lipinski definition) is 2. The Balaban J connectivity index is 2.72. The van der Waals surface area contributed by atoms with E-state index in [1.807, 2.05) is 6.92 Å². The normalized spacial score (nSPS) is 14.1. The lowest BCUT2D eigenvalue weighted by Crippen LogP contribution is -2.40. The summed E-state index contributed by atoms with van der Waals surface area (Å²) in [4.78, 5) is 11.9. The van der Waals surface area contributed by atoms with E-state index < -0.39 is 5.60 Å². The minimum Gasteiger partial charge on any atom is -0.388 e. The number of carbonyl (C=O) groups excluding carboxylic acids is 1. The third-order valence-corrected chi connectivity index (χ3v) is 3.24. The lowest BCUT2D eigenvalue weighted by Gasteiger charge is -2.23. The summed E-state index contributed by atoms with van der Waals surface area (Å²) in [6, 6.07) is 4.88. The number of nitrogens with one attached hydrogen (secondary N) is 1. The Morgan fingerprint density at radius 2 is 1.94 bits per heavy atom. The third kappa shape index (κ3) is 4.16. The third-order valence-electron chi connectivity index (χ3n) is 2.61. The fraction of sp³-hybridized carbons (Fsp3) is 0.462. The van der Waals surface area contributed by atoms with E-state index in [-0.39, 0.29) is 18.0 Å². The second kappa shape index (κ2) is 6.41. The summed E-state index contributed by atoms with van der Waals surface area (Å²) in [7, 11) is 0. The zero-order valence-electron chi connectivity index (χ0n) is 10.5. The molecule has 0 aromatic heterocycles. The van der Waals surface area contributed by atoms with Crippen LogP contribution in [0.15, 0.2) is 18.2 Å². The fourth-order valence-electron chi connectivity index (χ4n) is 1.70. The molecule has 0 spiro atoms. The monoisotopic (exact) mass is 289 g/mol. The maximum absolute atomic E-state index is 11.9. The first-order chi connectivity index (χ1) is 8.37. The Hall–Kier alpha value is -0.770. The van der Waals surface area contributed by atoms with Crippen molar-refractivity contribution < 1.29 is 9.90 Å². The second-order valence-electron chi connectivity index (χ2n) is 4.53. The predicted molar refractivity (Wildman–Crippen MR) is 74.3 cm³/mol. The van der Waals surface area contributed by atoms with Crippen LogP contribution in [0.4, 0.5) is 0 Å². The number of benzene rings is 1. The number of rotatable bonds is 5. The van der Waals surface area contributed by atoms with Gasteiger partial charge in [0.15, 0.2) is 0 Å². The average Bonchev–Trinajstić information content (AvgIpc) is 2.26. The van der Waals surface area contributed by atoms with Gasteiger partial charge < -0.3 is 10.4 Å². The molecule has 0 fully saturated rings. The maximum Gasteiger partial charge on any atom is 0.254 e. The number of halogens is 2. The van der Waals surface area contributed by atoms with Crippen molar-refractivity contribution in [1.29, 1.82) is 0 Å². The van der Waals surface area contributed by atoms with Crippen LogP contribution in [0.2, 0.25) is 10.0 Å². The highest BCUT2D eigenvalue weighted by atomic mass is 35.5. The number of amides is 1. The first-order valence-electron chi connectivity index (χ1n) is 5.82. The summed E-state index contributed by atoms with van der Waals surface area (Å²) in [5.74, 6) is -0.373. The molecule has 1 amide bonds. The number of carbonyl (C=O) groups is 1. The molecule has 100 valence electrons. The van der Waals surface area contributed by atoms with Crippen molar-refractivity contribution in [2.75, 3.05) is 6.54 Å². The van der Waals surface area contributed by atoms with Gasteiger partial charge in [-0.15, -0.1) is 0 Å². The van der Waals surface area contributed by atoms with Crippen LogP contribution in [0.1, 0.15) is 37.0 Å². The summed E-state index contributed by atoms with van der Waals surface area (Å²) in [5, 5.41) is 13.2. The molecule has 18 heavy (non-hydrogen) atoms. The number of hydrogen-bond donors (Lipinski definition) is 2. The van der Waals surface area contributed by atoms with Gasteiger partial charge in [-0.05, 0) is 25.5 Å². The Kier molecular flexibility index (Phi) is 5.45. The Morgan fingerprint density at radius 3 is 2.44 bits per heavy atom. The molecule has 2 N–H and O–H groups in total. The largest absolute Gasteiger partial charge is 0.388 e. The SMILES string of the molecule is CCCC(C)(O)CNC(=O)c1c(Cl)cccc1Cl. The Morgan fingerprint density at radius 1 is 1.39 bits per heavy atom. The summed E-state index contributed by atoms with van der Waals surface area (Å²) in [6.45, 7) is 3.83. The van der Waals surface area contributed by atoms with Crippen molar-refractivity contribution in [3.63, 3.8) is 0 Å². The topological polar surface area (TPSA) is 49.3 Å². The smallest absolute Gasteiger partial charge is 0.254 e. The first kappa shape index (κ1) is 15.3. The van der Waals surface area contributed by atoms with Crippen molar-refractivity contribution in [3.8, 4) is 0 Å². The van der Waals surface area contributed by atoms with E-state index in [1.54, 1.807) is 25.1 Å². The average molecular weight is 290 g/mol. The predicted octanol–water partition coefficient (Wildman–Crippen LogP) is 3.27. The summed E-state index contributed by atoms with van der Waals surface area (Å²) in [5.41, 5.74) is -0.675. The van der Waals surface area contributed by atoms with Gasteiger partial charge in [0.1, 0.15) is 0 Å². The van der Waals surface area contributed by atoms with Crippen molar-refractivity contribution in [2.45, 2.75) is 32.3 Å². The van der Waals surface area contributed by atoms with Gasteiger partial charge in [0.25, 0.3) is 5.91 Å². The minimum absolute atomic E-state index is 0.168. The molecular weight excluding hydrogens is 273 g/mol. The zero-order valence-corrected chi connectivity index (χ0v) is 12.0. The van der Waals surface area contributed by atoms with E-state index >= 15 is 0 Å². The van der Waals surface area contributed by atoms with Gasteiger partial charge in [0, 0.05) is 6.54 Å². The quantitative estimate of drug-likeness (QED) is 0.874. The standard InChI is InChI=1S/C13H17Cl2NO2/c1-3-7-13(2,18)8-16-12(17)11-9(14)5-4-6-10(11)15/h4-6,18H,3,7-8H2,1-2H3,(H,16,17). The van der Waals surface area contributed by atoms with E-state index in [0.29, 0.717) is 16.5 Å². The highest BCUT2D eigenvalue weighted by Crippen LogP contribution is 2.24. The lowest BCUT2D eigenvalue weighted by molar-refractivity contribution is 0.0469. The molecule has 0 aliphatic rings.